The molecule has 1 heterocycles. The number of anilines is 1. The lowest BCUT2D eigenvalue weighted by atomic mass is 10.1. The highest BCUT2D eigenvalue weighted by molar-refractivity contribution is 5.68. The quantitative estimate of drug-likeness (QED) is 0.856. The summed E-state index contributed by atoms with van der Waals surface area (Å²) in [6.45, 7) is 3.13. The highest BCUT2D eigenvalue weighted by atomic mass is 16.5. The first-order valence-corrected chi connectivity index (χ1v) is 6.17. The molecular formula is C14H18N4O. The number of aryl methyl sites for hydroxylation is 1. The van der Waals surface area contributed by atoms with Crippen LogP contribution in [0.25, 0.3) is 11.3 Å². The molecular weight excluding hydrogens is 240 g/mol. The summed E-state index contributed by atoms with van der Waals surface area (Å²) < 4.78 is 5.36. The van der Waals surface area contributed by atoms with Crippen LogP contribution in [0.15, 0.2) is 30.3 Å². The van der Waals surface area contributed by atoms with Gasteiger partial charge in [0.25, 0.3) is 0 Å². The number of para-hydroxylation sites is 1. The number of methoxy groups -OCH3 is 1. The Morgan fingerprint density at radius 2 is 2.05 bits per heavy atom. The van der Waals surface area contributed by atoms with Gasteiger partial charge >= 0.3 is 0 Å². The summed E-state index contributed by atoms with van der Waals surface area (Å²) >= 11 is 0. The third kappa shape index (κ3) is 3.20. The predicted molar refractivity (Wildman–Crippen MR) is 76.3 cm³/mol. The van der Waals surface area contributed by atoms with Crippen LogP contribution in [0.4, 0.5) is 5.95 Å². The Hall–Kier alpha value is -2.14. The lowest BCUT2D eigenvalue weighted by Gasteiger charge is -2.10. The van der Waals surface area contributed by atoms with Gasteiger partial charge in [-0.15, -0.1) is 0 Å². The molecule has 2 aromatic rings. The van der Waals surface area contributed by atoms with E-state index >= 15 is 0 Å². The van der Waals surface area contributed by atoms with Gasteiger partial charge in [-0.05, 0) is 25.1 Å². The maximum Gasteiger partial charge on any atom is 0.223 e. The maximum absolute atomic E-state index is 5.47. The van der Waals surface area contributed by atoms with Crippen molar-refractivity contribution < 1.29 is 4.74 Å². The van der Waals surface area contributed by atoms with Gasteiger partial charge in [0.1, 0.15) is 5.75 Å². The molecule has 0 saturated carbocycles. The van der Waals surface area contributed by atoms with Crippen LogP contribution in [0, 0.1) is 6.92 Å². The Bertz CT molecular complexity index is 557. The second-order valence-electron chi connectivity index (χ2n) is 4.13. The fraction of sp³-hybridized carbons (Fsp3) is 0.286. The van der Waals surface area contributed by atoms with E-state index in [0.29, 0.717) is 19.0 Å². The number of benzene rings is 1. The molecule has 0 aliphatic rings. The van der Waals surface area contributed by atoms with Gasteiger partial charge in [-0.2, -0.15) is 0 Å². The molecule has 1 aromatic heterocycles. The smallest absolute Gasteiger partial charge is 0.223 e. The molecule has 3 N–H and O–H groups in total. The first-order chi connectivity index (χ1) is 9.24. The zero-order valence-corrected chi connectivity index (χ0v) is 11.2. The highest BCUT2D eigenvalue weighted by Gasteiger charge is 2.08. The van der Waals surface area contributed by atoms with Gasteiger partial charge < -0.3 is 15.8 Å². The van der Waals surface area contributed by atoms with E-state index in [4.69, 9.17) is 10.5 Å². The second kappa shape index (κ2) is 6.15. The van der Waals surface area contributed by atoms with Crippen molar-refractivity contribution in [1.29, 1.82) is 0 Å². The average Bonchev–Trinajstić information content (AvgIpc) is 2.44. The van der Waals surface area contributed by atoms with Crippen molar-refractivity contribution in [3.8, 4) is 17.0 Å². The van der Waals surface area contributed by atoms with Gasteiger partial charge in [0.2, 0.25) is 5.95 Å². The molecule has 0 bridgehead atoms. The molecule has 5 nitrogen and oxygen atoms in total. The lowest BCUT2D eigenvalue weighted by Crippen LogP contribution is -2.15. The normalized spacial score (nSPS) is 10.3. The van der Waals surface area contributed by atoms with E-state index in [9.17, 15) is 0 Å². The van der Waals surface area contributed by atoms with Gasteiger partial charge in [0.15, 0.2) is 0 Å². The molecule has 0 atom stereocenters. The Morgan fingerprint density at radius 1 is 1.26 bits per heavy atom. The van der Waals surface area contributed by atoms with Crippen LogP contribution in [0.5, 0.6) is 5.75 Å². The summed E-state index contributed by atoms with van der Waals surface area (Å²) in [5, 5.41) is 3.09. The molecule has 0 radical (unpaired) electrons. The van der Waals surface area contributed by atoms with Crippen molar-refractivity contribution in [2.75, 3.05) is 25.5 Å². The summed E-state index contributed by atoms with van der Waals surface area (Å²) in [6.07, 6.45) is 0. The molecule has 5 heteroatoms. The molecule has 0 aliphatic carbocycles. The minimum absolute atomic E-state index is 0.543. The third-order valence-electron chi connectivity index (χ3n) is 2.66. The van der Waals surface area contributed by atoms with Crippen LogP contribution in [0.3, 0.4) is 0 Å². The average molecular weight is 258 g/mol. The Balaban J connectivity index is 2.41. The van der Waals surface area contributed by atoms with Gasteiger partial charge in [0, 0.05) is 24.3 Å². The highest BCUT2D eigenvalue weighted by Crippen LogP contribution is 2.28. The van der Waals surface area contributed by atoms with Crippen LogP contribution in [0.1, 0.15) is 5.69 Å². The number of ether oxygens (including phenoxy) is 1. The van der Waals surface area contributed by atoms with Crippen LogP contribution in [-0.2, 0) is 0 Å². The van der Waals surface area contributed by atoms with Crippen LogP contribution < -0.4 is 15.8 Å². The molecule has 2 rings (SSSR count). The molecule has 19 heavy (non-hydrogen) atoms. The van der Waals surface area contributed by atoms with E-state index in [2.05, 4.69) is 15.3 Å². The SMILES string of the molecule is COc1ccccc1-c1cc(C)nc(NCCN)n1. The van der Waals surface area contributed by atoms with Crippen molar-refractivity contribution >= 4 is 5.95 Å². The standard InChI is InChI=1S/C14H18N4O/c1-10-9-12(18-14(17-10)16-8-7-15)11-5-3-4-6-13(11)19-2/h3-6,9H,7-8,15H2,1-2H3,(H,16,17,18). The fourth-order valence-electron chi connectivity index (χ4n) is 1.83. The van der Waals surface area contributed by atoms with Gasteiger partial charge in [-0.1, -0.05) is 12.1 Å². The summed E-state index contributed by atoms with van der Waals surface area (Å²) in [5.74, 6) is 1.39. The maximum atomic E-state index is 5.47. The number of rotatable bonds is 5. The van der Waals surface area contributed by atoms with Gasteiger partial charge in [-0.25, -0.2) is 9.97 Å². The van der Waals surface area contributed by atoms with Crippen molar-refractivity contribution in [3.63, 3.8) is 0 Å². The lowest BCUT2D eigenvalue weighted by molar-refractivity contribution is 0.416. The molecule has 0 fully saturated rings. The van der Waals surface area contributed by atoms with Crippen molar-refractivity contribution in [3.05, 3.63) is 36.0 Å². The molecule has 0 amide bonds. The molecule has 0 saturated heterocycles. The van der Waals surface area contributed by atoms with Crippen molar-refractivity contribution in [2.24, 2.45) is 5.73 Å². The zero-order chi connectivity index (χ0) is 13.7. The Labute approximate surface area is 112 Å². The van der Waals surface area contributed by atoms with Crippen LogP contribution >= 0.6 is 0 Å². The summed E-state index contributed by atoms with van der Waals surface area (Å²) in [7, 11) is 1.65. The summed E-state index contributed by atoms with van der Waals surface area (Å²) in [5.41, 5.74) is 8.16. The number of nitrogens with two attached hydrogens (primary N) is 1. The number of nitrogens with one attached hydrogen (secondary N) is 1. The van der Waals surface area contributed by atoms with Crippen LogP contribution in [-0.4, -0.2) is 30.2 Å². The predicted octanol–water partition coefficient (Wildman–Crippen LogP) is 1.83. The molecule has 0 unspecified atom stereocenters. The molecule has 1 aromatic carbocycles. The van der Waals surface area contributed by atoms with Gasteiger partial charge in [-0.3, -0.25) is 0 Å². The number of nitrogens with zero attached hydrogens (tertiary/aromatic N) is 2. The number of hydrogen-bond acceptors (Lipinski definition) is 5. The zero-order valence-electron chi connectivity index (χ0n) is 11.2. The topological polar surface area (TPSA) is 73.1 Å². The summed E-state index contributed by atoms with van der Waals surface area (Å²) in [4.78, 5) is 8.83. The summed E-state index contributed by atoms with van der Waals surface area (Å²) in [6, 6.07) is 9.73. The molecule has 100 valence electrons. The Kier molecular flexibility index (Phi) is 4.30. The number of aromatic nitrogens is 2. The second-order valence-corrected chi connectivity index (χ2v) is 4.13. The minimum atomic E-state index is 0.543. The van der Waals surface area contributed by atoms with E-state index in [-0.39, 0.29) is 0 Å². The first-order valence-electron chi connectivity index (χ1n) is 6.17. The monoisotopic (exact) mass is 258 g/mol. The molecule has 0 aliphatic heterocycles. The minimum Gasteiger partial charge on any atom is -0.496 e. The van der Waals surface area contributed by atoms with E-state index in [1.807, 2.05) is 37.3 Å². The largest absolute Gasteiger partial charge is 0.496 e. The van der Waals surface area contributed by atoms with Gasteiger partial charge in [0.05, 0.1) is 12.8 Å². The van der Waals surface area contributed by atoms with Crippen molar-refractivity contribution in [2.45, 2.75) is 6.92 Å². The number of hydrogen-bond donors (Lipinski definition) is 2. The Morgan fingerprint density at radius 3 is 2.79 bits per heavy atom. The van der Waals surface area contributed by atoms with E-state index < -0.39 is 0 Å². The third-order valence-corrected chi connectivity index (χ3v) is 2.66. The first kappa shape index (κ1) is 13.3. The van der Waals surface area contributed by atoms with E-state index in [1.165, 1.54) is 0 Å². The van der Waals surface area contributed by atoms with Crippen LogP contribution in [0.2, 0.25) is 0 Å². The fourth-order valence-corrected chi connectivity index (χ4v) is 1.83. The van der Waals surface area contributed by atoms with Crippen molar-refractivity contribution in [1.82, 2.24) is 9.97 Å². The van der Waals surface area contributed by atoms with E-state index in [1.54, 1.807) is 7.11 Å². The van der Waals surface area contributed by atoms with E-state index in [0.717, 1.165) is 22.7 Å². The molecule has 0 spiro atoms.